The van der Waals surface area contributed by atoms with Crippen molar-refractivity contribution in [1.82, 2.24) is 4.72 Å². The largest absolute Gasteiger partial charge is 0.244 e. The van der Waals surface area contributed by atoms with Crippen LogP contribution in [0.25, 0.3) is 0 Å². The number of halogens is 3. The van der Waals surface area contributed by atoms with Crippen LogP contribution in [-0.2, 0) is 10.0 Å². The van der Waals surface area contributed by atoms with Crippen LogP contribution in [0.4, 0.5) is 8.78 Å². The van der Waals surface area contributed by atoms with E-state index in [2.05, 4.69) is 20.7 Å². The van der Waals surface area contributed by atoms with E-state index in [0.29, 0.717) is 18.4 Å². The van der Waals surface area contributed by atoms with Crippen molar-refractivity contribution in [1.29, 1.82) is 0 Å². The van der Waals surface area contributed by atoms with E-state index in [1.807, 2.05) is 6.92 Å². The van der Waals surface area contributed by atoms with Crippen molar-refractivity contribution in [2.24, 2.45) is 5.92 Å². The molecule has 2 rings (SSSR count). The number of rotatable bonds is 6. The molecule has 1 N–H and O–H groups in total. The SMILES string of the molecule is CCC(CC1CC1)NS(=O)(=O)c1c(F)cc(F)cc1Br. The zero-order valence-corrected chi connectivity index (χ0v) is 13.4. The second-order valence-corrected chi connectivity index (χ2v) is 7.61. The summed E-state index contributed by atoms with van der Waals surface area (Å²) in [5.41, 5.74) is 0. The van der Waals surface area contributed by atoms with Gasteiger partial charge in [-0.3, -0.25) is 0 Å². The minimum absolute atomic E-state index is 0.108. The molecule has 112 valence electrons. The molecule has 1 aliphatic carbocycles. The van der Waals surface area contributed by atoms with Gasteiger partial charge in [-0.2, -0.15) is 0 Å². The Bertz CT molecular complexity index is 579. The third-order valence-electron chi connectivity index (χ3n) is 3.36. The fourth-order valence-corrected chi connectivity index (χ4v) is 4.62. The highest BCUT2D eigenvalue weighted by Gasteiger charge is 2.30. The molecular formula is C13H16BrF2NO2S. The molecule has 0 saturated heterocycles. The summed E-state index contributed by atoms with van der Waals surface area (Å²) in [6.45, 7) is 1.88. The topological polar surface area (TPSA) is 46.2 Å². The van der Waals surface area contributed by atoms with Crippen LogP contribution in [0.5, 0.6) is 0 Å². The highest BCUT2D eigenvalue weighted by Crippen LogP contribution is 2.34. The highest BCUT2D eigenvalue weighted by molar-refractivity contribution is 9.10. The monoisotopic (exact) mass is 367 g/mol. The van der Waals surface area contributed by atoms with E-state index in [1.54, 1.807) is 0 Å². The molecule has 7 heteroatoms. The predicted molar refractivity (Wildman–Crippen MR) is 75.8 cm³/mol. The molecule has 0 aliphatic heterocycles. The Balaban J connectivity index is 2.25. The van der Waals surface area contributed by atoms with Gasteiger partial charge < -0.3 is 0 Å². The maximum Gasteiger partial charge on any atom is 0.244 e. The molecule has 1 unspecified atom stereocenters. The zero-order chi connectivity index (χ0) is 14.9. The average Bonchev–Trinajstić information content (AvgIpc) is 3.09. The summed E-state index contributed by atoms with van der Waals surface area (Å²) in [6, 6.07) is 1.30. The molecule has 1 aliphatic rings. The number of sulfonamides is 1. The van der Waals surface area contributed by atoms with Crippen molar-refractivity contribution in [3.63, 3.8) is 0 Å². The molecular weight excluding hydrogens is 352 g/mol. The summed E-state index contributed by atoms with van der Waals surface area (Å²) in [5, 5.41) is 0. The Morgan fingerprint density at radius 1 is 1.40 bits per heavy atom. The second-order valence-electron chi connectivity index (χ2n) is 5.10. The Morgan fingerprint density at radius 2 is 2.05 bits per heavy atom. The highest BCUT2D eigenvalue weighted by atomic mass is 79.9. The van der Waals surface area contributed by atoms with Gasteiger partial charge in [-0.15, -0.1) is 0 Å². The van der Waals surface area contributed by atoms with Crippen LogP contribution >= 0.6 is 15.9 Å². The van der Waals surface area contributed by atoms with E-state index < -0.39 is 26.6 Å². The van der Waals surface area contributed by atoms with E-state index >= 15 is 0 Å². The smallest absolute Gasteiger partial charge is 0.208 e. The van der Waals surface area contributed by atoms with Crippen LogP contribution in [0.1, 0.15) is 32.6 Å². The summed E-state index contributed by atoms with van der Waals surface area (Å²) in [7, 11) is -4.01. The number of hydrogen-bond donors (Lipinski definition) is 1. The van der Waals surface area contributed by atoms with Gasteiger partial charge in [0.05, 0.1) is 0 Å². The van der Waals surface area contributed by atoms with Crippen molar-refractivity contribution in [2.75, 3.05) is 0 Å². The molecule has 0 spiro atoms. The number of hydrogen-bond acceptors (Lipinski definition) is 2. The van der Waals surface area contributed by atoms with Crippen LogP contribution < -0.4 is 4.72 Å². The molecule has 1 fully saturated rings. The van der Waals surface area contributed by atoms with Crippen molar-refractivity contribution in [3.05, 3.63) is 28.2 Å². The van der Waals surface area contributed by atoms with Crippen molar-refractivity contribution < 1.29 is 17.2 Å². The molecule has 20 heavy (non-hydrogen) atoms. The van der Waals surface area contributed by atoms with Gasteiger partial charge in [-0.05, 0) is 40.8 Å². The maximum absolute atomic E-state index is 13.7. The summed E-state index contributed by atoms with van der Waals surface area (Å²) < 4.78 is 53.7. The fraction of sp³-hybridized carbons (Fsp3) is 0.538. The van der Waals surface area contributed by atoms with Gasteiger partial charge >= 0.3 is 0 Å². The zero-order valence-electron chi connectivity index (χ0n) is 11.0. The van der Waals surface area contributed by atoms with E-state index in [1.165, 1.54) is 0 Å². The van der Waals surface area contributed by atoms with Crippen LogP contribution in [0, 0.1) is 17.6 Å². The summed E-state index contributed by atoms with van der Waals surface area (Å²) in [6.07, 6.45) is 3.63. The predicted octanol–water partition coefficient (Wildman–Crippen LogP) is 3.58. The van der Waals surface area contributed by atoms with Gasteiger partial charge in [-0.1, -0.05) is 19.8 Å². The van der Waals surface area contributed by atoms with E-state index in [9.17, 15) is 17.2 Å². The van der Waals surface area contributed by atoms with Gasteiger partial charge in [0.15, 0.2) is 0 Å². The van der Waals surface area contributed by atoms with Gasteiger partial charge in [0.25, 0.3) is 0 Å². The molecule has 0 bridgehead atoms. The molecule has 1 aromatic carbocycles. The molecule has 3 nitrogen and oxygen atoms in total. The summed E-state index contributed by atoms with van der Waals surface area (Å²) in [4.78, 5) is -0.534. The molecule has 0 aromatic heterocycles. The molecule has 0 amide bonds. The Kier molecular flexibility index (Phi) is 4.81. The van der Waals surface area contributed by atoms with Crippen molar-refractivity contribution in [3.8, 4) is 0 Å². The van der Waals surface area contributed by atoms with Crippen molar-refractivity contribution in [2.45, 2.75) is 43.5 Å². The summed E-state index contributed by atoms with van der Waals surface area (Å²) in [5.74, 6) is -1.35. The van der Waals surface area contributed by atoms with Crippen LogP contribution in [0.15, 0.2) is 21.5 Å². The molecule has 0 radical (unpaired) electrons. The maximum atomic E-state index is 13.7. The number of benzene rings is 1. The fourth-order valence-electron chi connectivity index (χ4n) is 2.12. The van der Waals surface area contributed by atoms with Crippen LogP contribution in [-0.4, -0.2) is 14.5 Å². The van der Waals surface area contributed by atoms with Gasteiger partial charge in [0.1, 0.15) is 16.5 Å². The average molecular weight is 368 g/mol. The van der Waals surface area contributed by atoms with Gasteiger partial charge in [0.2, 0.25) is 10.0 Å². The lowest BCUT2D eigenvalue weighted by Crippen LogP contribution is -2.35. The van der Waals surface area contributed by atoms with Gasteiger partial charge in [0, 0.05) is 16.6 Å². The third kappa shape index (κ3) is 3.77. The lowest BCUT2D eigenvalue weighted by atomic mass is 10.1. The normalized spacial score (nSPS) is 17.2. The first-order valence-electron chi connectivity index (χ1n) is 6.50. The Hall–Kier alpha value is -0.530. The molecule has 1 aromatic rings. The van der Waals surface area contributed by atoms with Crippen LogP contribution in [0.3, 0.4) is 0 Å². The summed E-state index contributed by atoms with van der Waals surface area (Å²) >= 11 is 2.91. The van der Waals surface area contributed by atoms with E-state index in [-0.39, 0.29) is 10.5 Å². The lowest BCUT2D eigenvalue weighted by molar-refractivity contribution is 0.489. The Labute approximate surface area is 125 Å². The lowest BCUT2D eigenvalue weighted by Gasteiger charge is -2.17. The Morgan fingerprint density at radius 3 is 2.55 bits per heavy atom. The van der Waals surface area contributed by atoms with E-state index in [4.69, 9.17) is 0 Å². The second kappa shape index (κ2) is 6.07. The number of nitrogens with one attached hydrogen (secondary N) is 1. The first-order chi connectivity index (χ1) is 9.33. The third-order valence-corrected chi connectivity index (χ3v) is 5.85. The standard InChI is InChI=1S/C13H16BrF2NO2S/c1-2-10(5-8-3-4-8)17-20(18,19)13-11(14)6-9(15)7-12(13)16/h6-8,10,17H,2-5H2,1H3. The first-order valence-corrected chi connectivity index (χ1v) is 8.78. The molecule has 1 atom stereocenters. The molecule has 0 heterocycles. The van der Waals surface area contributed by atoms with Crippen molar-refractivity contribution >= 4 is 26.0 Å². The molecule has 1 saturated carbocycles. The van der Waals surface area contributed by atoms with E-state index in [0.717, 1.165) is 25.3 Å². The minimum Gasteiger partial charge on any atom is -0.208 e. The first kappa shape index (κ1) is 15.9. The van der Waals surface area contributed by atoms with Crippen LogP contribution in [0.2, 0.25) is 0 Å². The van der Waals surface area contributed by atoms with Gasteiger partial charge in [-0.25, -0.2) is 21.9 Å². The minimum atomic E-state index is -4.01. The quantitative estimate of drug-likeness (QED) is 0.834.